The largest absolute Gasteiger partial charge is 0.223 e. The van der Waals surface area contributed by atoms with Gasteiger partial charge in [0.15, 0.2) is 9.84 Å². The van der Waals surface area contributed by atoms with Crippen LogP contribution in [0.15, 0.2) is 57.9 Å². The molecule has 0 heterocycles. The van der Waals surface area contributed by atoms with Crippen molar-refractivity contribution in [2.45, 2.75) is 10.6 Å². The fraction of sp³-hybridized carbons (Fsp3) is 0.0769. The maximum absolute atomic E-state index is 12.2. The van der Waals surface area contributed by atoms with Crippen LogP contribution >= 0.6 is 27.5 Å². The van der Waals surface area contributed by atoms with Gasteiger partial charge in [-0.3, -0.25) is 0 Å². The highest BCUT2D eigenvalue weighted by molar-refractivity contribution is 9.10. The molecule has 94 valence electrons. The van der Waals surface area contributed by atoms with Gasteiger partial charge in [0.2, 0.25) is 0 Å². The number of halogens is 2. The molecule has 0 saturated carbocycles. The summed E-state index contributed by atoms with van der Waals surface area (Å²) in [6, 6.07) is 13.7. The molecule has 5 heteroatoms. The molecule has 0 spiro atoms. The zero-order chi connectivity index (χ0) is 13.2. The molecule has 2 nitrogen and oxygen atoms in total. The highest BCUT2D eigenvalue weighted by Gasteiger charge is 2.18. The van der Waals surface area contributed by atoms with Gasteiger partial charge in [0.05, 0.1) is 15.7 Å². The Balaban J connectivity index is 2.33. The molecule has 0 unspecified atom stereocenters. The monoisotopic (exact) mass is 344 g/mol. The minimum absolute atomic E-state index is 0.0516. The highest BCUT2D eigenvalue weighted by Crippen LogP contribution is 2.24. The molecule has 0 fully saturated rings. The van der Waals surface area contributed by atoms with Crippen LogP contribution in [0.5, 0.6) is 0 Å². The molecular formula is C13H10BrClO2S. The van der Waals surface area contributed by atoms with E-state index in [1.165, 1.54) is 6.07 Å². The molecule has 2 aromatic rings. The first-order chi connectivity index (χ1) is 8.49. The van der Waals surface area contributed by atoms with Gasteiger partial charge in [-0.25, -0.2) is 8.42 Å². The summed E-state index contributed by atoms with van der Waals surface area (Å²) in [5, 5.41) is 0.259. The fourth-order valence-corrected chi connectivity index (χ4v) is 3.77. The maximum atomic E-state index is 12.2. The Kier molecular flexibility index (Phi) is 4.10. The van der Waals surface area contributed by atoms with E-state index in [0.717, 1.165) is 10.0 Å². The molecular weight excluding hydrogens is 336 g/mol. The van der Waals surface area contributed by atoms with Crippen molar-refractivity contribution in [2.75, 3.05) is 0 Å². The van der Waals surface area contributed by atoms with Crippen molar-refractivity contribution in [3.05, 3.63) is 63.6 Å². The van der Waals surface area contributed by atoms with Crippen molar-refractivity contribution in [2.24, 2.45) is 0 Å². The van der Waals surface area contributed by atoms with Crippen molar-refractivity contribution in [3.63, 3.8) is 0 Å². The van der Waals surface area contributed by atoms with Crippen LogP contribution in [0.3, 0.4) is 0 Å². The van der Waals surface area contributed by atoms with Crippen molar-refractivity contribution >= 4 is 37.4 Å². The molecule has 0 radical (unpaired) electrons. The first-order valence-electron chi connectivity index (χ1n) is 5.21. The third-order valence-electron chi connectivity index (χ3n) is 2.44. The Morgan fingerprint density at radius 2 is 1.61 bits per heavy atom. The van der Waals surface area contributed by atoms with E-state index < -0.39 is 9.84 Å². The van der Waals surface area contributed by atoms with Gasteiger partial charge in [-0.2, -0.15) is 0 Å². The van der Waals surface area contributed by atoms with Crippen LogP contribution in [0.25, 0.3) is 0 Å². The molecule has 0 aliphatic carbocycles. The predicted octanol–water partition coefficient (Wildman–Crippen LogP) is 4.08. The summed E-state index contributed by atoms with van der Waals surface area (Å²) >= 11 is 9.22. The van der Waals surface area contributed by atoms with Crippen LogP contribution < -0.4 is 0 Å². The summed E-state index contributed by atoms with van der Waals surface area (Å²) in [6.07, 6.45) is 0. The number of hydrogen-bond acceptors (Lipinski definition) is 2. The van der Waals surface area contributed by atoms with Crippen LogP contribution in [-0.4, -0.2) is 8.42 Å². The predicted molar refractivity (Wildman–Crippen MR) is 76.5 cm³/mol. The van der Waals surface area contributed by atoms with E-state index in [4.69, 9.17) is 11.6 Å². The second-order valence-corrected chi connectivity index (χ2v) is 7.10. The minimum Gasteiger partial charge on any atom is -0.223 e. The normalized spacial score (nSPS) is 11.4. The van der Waals surface area contributed by atoms with Crippen molar-refractivity contribution in [3.8, 4) is 0 Å². The zero-order valence-electron chi connectivity index (χ0n) is 9.31. The van der Waals surface area contributed by atoms with Crippen LogP contribution in [0.4, 0.5) is 0 Å². The second-order valence-electron chi connectivity index (χ2n) is 3.82. The molecule has 2 rings (SSSR count). The van der Waals surface area contributed by atoms with Crippen molar-refractivity contribution < 1.29 is 8.42 Å². The van der Waals surface area contributed by atoms with E-state index in [2.05, 4.69) is 15.9 Å². The Morgan fingerprint density at radius 1 is 1.00 bits per heavy atom. The van der Waals surface area contributed by atoms with Crippen LogP contribution in [-0.2, 0) is 15.6 Å². The van der Waals surface area contributed by atoms with Crippen LogP contribution in [0.2, 0.25) is 5.02 Å². The smallest absolute Gasteiger partial charge is 0.183 e. The summed E-state index contributed by atoms with van der Waals surface area (Å²) in [4.78, 5) is 0.176. The third kappa shape index (κ3) is 3.13. The molecule has 18 heavy (non-hydrogen) atoms. The van der Waals surface area contributed by atoms with E-state index in [1.54, 1.807) is 30.3 Å². The summed E-state index contributed by atoms with van der Waals surface area (Å²) < 4.78 is 25.3. The molecule has 0 aromatic heterocycles. The van der Waals surface area contributed by atoms with Crippen molar-refractivity contribution in [1.82, 2.24) is 0 Å². The molecule has 0 aliphatic rings. The minimum atomic E-state index is -3.40. The molecule has 0 atom stereocenters. The fourth-order valence-electron chi connectivity index (χ4n) is 1.57. The SMILES string of the molecule is O=S(=O)(Cc1ccc(Br)cc1)c1ccccc1Cl. The number of hydrogen-bond donors (Lipinski definition) is 0. The van der Waals surface area contributed by atoms with Gasteiger partial charge in [0.1, 0.15) is 0 Å². The Labute approximate surface area is 120 Å². The average molecular weight is 346 g/mol. The number of rotatable bonds is 3. The van der Waals surface area contributed by atoms with Gasteiger partial charge in [-0.15, -0.1) is 0 Å². The van der Waals surface area contributed by atoms with Gasteiger partial charge in [0, 0.05) is 4.47 Å². The van der Waals surface area contributed by atoms with Crippen molar-refractivity contribution in [1.29, 1.82) is 0 Å². The summed E-state index contributed by atoms with van der Waals surface area (Å²) in [5.74, 6) is -0.0516. The first kappa shape index (κ1) is 13.6. The molecule has 2 aromatic carbocycles. The number of benzene rings is 2. The standard InChI is InChI=1S/C13H10BrClO2S/c14-11-7-5-10(6-8-11)9-18(16,17)13-4-2-1-3-12(13)15/h1-8H,9H2. The lowest BCUT2D eigenvalue weighted by atomic mass is 10.2. The van der Waals surface area contributed by atoms with Crippen LogP contribution in [0, 0.1) is 0 Å². The lowest BCUT2D eigenvalue weighted by molar-refractivity contribution is 0.595. The Bertz CT molecular complexity index is 651. The molecule has 0 aliphatic heterocycles. The quantitative estimate of drug-likeness (QED) is 0.840. The van der Waals surface area contributed by atoms with Gasteiger partial charge < -0.3 is 0 Å². The van der Waals surface area contributed by atoms with Gasteiger partial charge in [-0.1, -0.05) is 51.8 Å². The second kappa shape index (κ2) is 5.43. The molecule has 0 bridgehead atoms. The maximum Gasteiger partial charge on any atom is 0.183 e. The summed E-state index contributed by atoms with van der Waals surface area (Å²) in [6.45, 7) is 0. The lowest BCUT2D eigenvalue weighted by Gasteiger charge is -2.06. The van der Waals surface area contributed by atoms with Gasteiger partial charge in [0.25, 0.3) is 0 Å². The topological polar surface area (TPSA) is 34.1 Å². The van der Waals surface area contributed by atoms with Gasteiger partial charge in [-0.05, 0) is 29.8 Å². The van der Waals surface area contributed by atoms with E-state index in [1.807, 2.05) is 12.1 Å². The van der Waals surface area contributed by atoms with E-state index in [9.17, 15) is 8.42 Å². The number of sulfone groups is 1. The average Bonchev–Trinajstić information content (AvgIpc) is 2.32. The van der Waals surface area contributed by atoms with Crippen LogP contribution in [0.1, 0.15) is 5.56 Å². The molecule has 0 N–H and O–H groups in total. The van der Waals surface area contributed by atoms with E-state index in [0.29, 0.717) is 0 Å². The summed E-state index contributed by atoms with van der Waals surface area (Å²) in [7, 11) is -3.40. The zero-order valence-corrected chi connectivity index (χ0v) is 12.5. The van der Waals surface area contributed by atoms with E-state index in [-0.39, 0.29) is 15.7 Å². The van der Waals surface area contributed by atoms with Gasteiger partial charge >= 0.3 is 0 Å². The summed E-state index contributed by atoms with van der Waals surface area (Å²) in [5.41, 5.74) is 0.734. The highest BCUT2D eigenvalue weighted by atomic mass is 79.9. The molecule has 0 amide bonds. The van der Waals surface area contributed by atoms with E-state index >= 15 is 0 Å². The third-order valence-corrected chi connectivity index (χ3v) is 5.15. The lowest BCUT2D eigenvalue weighted by Crippen LogP contribution is -2.05. The Hall–Kier alpha value is -0.840. The Morgan fingerprint density at radius 3 is 2.22 bits per heavy atom. The first-order valence-corrected chi connectivity index (χ1v) is 8.03. The molecule has 0 saturated heterocycles.